The zero-order valence-electron chi connectivity index (χ0n) is 15.5. The number of fused-ring (bicyclic) bond motifs is 1. The van der Waals surface area contributed by atoms with Crippen molar-refractivity contribution in [3.63, 3.8) is 0 Å². The molecule has 1 unspecified atom stereocenters. The van der Waals surface area contributed by atoms with E-state index in [0.29, 0.717) is 33.5 Å². The van der Waals surface area contributed by atoms with Gasteiger partial charge < -0.3 is 20.5 Å². The largest absolute Gasteiger partial charge is 0.497 e. The highest BCUT2D eigenvalue weighted by Gasteiger charge is 2.19. The average Bonchev–Trinajstić information content (AvgIpc) is 2.72. The summed E-state index contributed by atoms with van der Waals surface area (Å²) in [7, 11) is 3.13. The Morgan fingerprint density at radius 1 is 1.26 bits per heavy atom. The number of methoxy groups -OCH3 is 2. The average molecular weight is 366 g/mol. The predicted octanol–water partition coefficient (Wildman–Crippen LogP) is 2.60. The molecule has 0 aliphatic heterocycles. The molecule has 7 heteroatoms. The molecule has 140 valence electrons. The maximum absolute atomic E-state index is 13.0. The van der Waals surface area contributed by atoms with E-state index >= 15 is 0 Å². The van der Waals surface area contributed by atoms with Crippen LogP contribution in [0.4, 0.5) is 0 Å². The molecule has 0 aliphatic rings. The van der Waals surface area contributed by atoms with Crippen molar-refractivity contribution in [2.45, 2.75) is 19.5 Å². The minimum atomic E-state index is -0.247. The van der Waals surface area contributed by atoms with Crippen molar-refractivity contribution in [1.29, 1.82) is 0 Å². The second-order valence-corrected chi connectivity index (χ2v) is 6.06. The number of nitrogens with two attached hydrogens (primary N) is 1. The number of pyridine rings is 2. The fourth-order valence-corrected chi connectivity index (χ4v) is 2.98. The normalized spacial score (nSPS) is 11.9. The first-order valence-electron chi connectivity index (χ1n) is 8.53. The van der Waals surface area contributed by atoms with Gasteiger partial charge in [-0.25, -0.2) is 0 Å². The number of nitrogens with zero attached hydrogens (tertiary/aromatic N) is 2. The van der Waals surface area contributed by atoms with Crippen molar-refractivity contribution < 1.29 is 14.3 Å². The number of nitrogens with one attached hydrogen (secondary N) is 1. The minimum absolute atomic E-state index is 0.206. The molecule has 3 aromatic rings. The van der Waals surface area contributed by atoms with Crippen molar-refractivity contribution >= 4 is 16.7 Å². The molecule has 0 saturated carbocycles. The Hall–Kier alpha value is -3.19. The number of hydrogen-bond donors (Lipinski definition) is 2. The third-order valence-electron chi connectivity index (χ3n) is 4.43. The highest BCUT2D eigenvalue weighted by Crippen LogP contribution is 2.34. The molecule has 1 aromatic carbocycles. The Morgan fingerprint density at radius 3 is 2.70 bits per heavy atom. The fourth-order valence-electron chi connectivity index (χ4n) is 2.98. The first kappa shape index (κ1) is 18.6. The molecular formula is C20H22N4O3. The minimum Gasteiger partial charge on any atom is -0.497 e. The summed E-state index contributed by atoms with van der Waals surface area (Å²) in [6.45, 7) is 2.13. The zero-order valence-corrected chi connectivity index (χ0v) is 15.5. The van der Waals surface area contributed by atoms with Crippen LogP contribution in [0.25, 0.3) is 10.8 Å². The van der Waals surface area contributed by atoms with Crippen LogP contribution < -0.4 is 20.5 Å². The molecule has 3 rings (SSSR count). The zero-order chi connectivity index (χ0) is 19.4. The number of carbonyl (C=O) groups is 1. The van der Waals surface area contributed by atoms with Crippen LogP contribution in [0.15, 0.2) is 42.9 Å². The second-order valence-electron chi connectivity index (χ2n) is 6.06. The summed E-state index contributed by atoms with van der Waals surface area (Å²) in [4.78, 5) is 21.4. The van der Waals surface area contributed by atoms with Gasteiger partial charge in [-0.15, -0.1) is 0 Å². The topological polar surface area (TPSA) is 99.4 Å². The number of benzene rings is 1. The number of rotatable bonds is 6. The molecule has 1 atom stereocenters. The van der Waals surface area contributed by atoms with E-state index in [1.165, 1.54) is 6.20 Å². The Morgan fingerprint density at radius 2 is 2.07 bits per heavy atom. The molecule has 2 aromatic heterocycles. The van der Waals surface area contributed by atoms with E-state index in [-0.39, 0.29) is 18.5 Å². The lowest BCUT2D eigenvalue weighted by Crippen LogP contribution is -2.27. The Kier molecular flexibility index (Phi) is 5.52. The molecule has 0 spiro atoms. The quantitative estimate of drug-likeness (QED) is 0.696. The molecule has 1 amide bonds. The first-order chi connectivity index (χ1) is 13.1. The van der Waals surface area contributed by atoms with E-state index in [4.69, 9.17) is 15.2 Å². The summed E-state index contributed by atoms with van der Waals surface area (Å²) in [5.74, 6) is 0.901. The lowest BCUT2D eigenvalue weighted by Gasteiger charge is -2.17. The highest BCUT2D eigenvalue weighted by molar-refractivity contribution is 6.09. The smallest absolute Gasteiger partial charge is 0.253 e. The first-order valence-corrected chi connectivity index (χ1v) is 8.53. The van der Waals surface area contributed by atoms with Crippen molar-refractivity contribution in [3.8, 4) is 11.5 Å². The van der Waals surface area contributed by atoms with Gasteiger partial charge in [0.2, 0.25) is 0 Å². The number of aromatic nitrogens is 2. The van der Waals surface area contributed by atoms with E-state index in [2.05, 4.69) is 15.3 Å². The summed E-state index contributed by atoms with van der Waals surface area (Å²) in [5.41, 5.74) is 7.83. The van der Waals surface area contributed by atoms with Gasteiger partial charge in [0.25, 0.3) is 5.91 Å². The number of hydrogen-bond acceptors (Lipinski definition) is 6. The lowest BCUT2D eigenvalue weighted by molar-refractivity contribution is 0.0941. The summed E-state index contributed by atoms with van der Waals surface area (Å²) in [6.07, 6.45) is 4.96. The van der Waals surface area contributed by atoms with Gasteiger partial charge in [0.05, 0.1) is 31.5 Å². The fraction of sp³-hybridized carbons (Fsp3) is 0.250. The second kappa shape index (κ2) is 8.01. The molecule has 0 radical (unpaired) electrons. The number of amides is 1. The summed E-state index contributed by atoms with van der Waals surface area (Å²) in [6, 6.07) is 7.09. The van der Waals surface area contributed by atoms with Gasteiger partial charge in [-0.05, 0) is 24.6 Å². The van der Waals surface area contributed by atoms with Crippen molar-refractivity contribution in [2.75, 3.05) is 14.2 Å². The summed E-state index contributed by atoms with van der Waals surface area (Å²) in [5, 5.41) is 4.37. The molecular weight excluding hydrogens is 344 g/mol. The van der Waals surface area contributed by atoms with Crippen molar-refractivity contribution in [3.05, 3.63) is 59.7 Å². The third-order valence-corrected chi connectivity index (χ3v) is 4.43. The maximum Gasteiger partial charge on any atom is 0.253 e. The molecule has 27 heavy (non-hydrogen) atoms. The highest BCUT2D eigenvalue weighted by atomic mass is 16.5. The van der Waals surface area contributed by atoms with E-state index < -0.39 is 0 Å². The Bertz CT molecular complexity index is 960. The van der Waals surface area contributed by atoms with Gasteiger partial charge in [-0.3, -0.25) is 14.8 Å². The van der Waals surface area contributed by atoms with Gasteiger partial charge in [0.1, 0.15) is 11.5 Å². The Balaban J connectivity index is 2.07. The molecule has 0 fully saturated rings. The van der Waals surface area contributed by atoms with Gasteiger partial charge in [0, 0.05) is 42.0 Å². The van der Waals surface area contributed by atoms with Crippen molar-refractivity contribution in [2.24, 2.45) is 5.73 Å². The van der Waals surface area contributed by atoms with E-state index in [1.807, 2.05) is 19.1 Å². The SMILES string of the molecule is COc1cc(OC)c2c(CN)ncc(C(=O)NC(C)c3cccnc3)c2c1. The van der Waals surface area contributed by atoms with Crippen LogP contribution in [-0.4, -0.2) is 30.1 Å². The van der Waals surface area contributed by atoms with Gasteiger partial charge in [-0.2, -0.15) is 0 Å². The molecule has 7 nitrogen and oxygen atoms in total. The molecule has 2 heterocycles. The summed E-state index contributed by atoms with van der Waals surface area (Å²) >= 11 is 0. The lowest BCUT2D eigenvalue weighted by atomic mass is 10.0. The standard InChI is InChI=1S/C20H22N4O3/c1-12(13-5-4-6-22-10-13)24-20(25)16-11-23-17(9-21)19-15(16)7-14(26-2)8-18(19)27-3/h4-8,10-12H,9,21H2,1-3H3,(H,24,25). The van der Waals surface area contributed by atoms with Crippen molar-refractivity contribution in [1.82, 2.24) is 15.3 Å². The number of carbonyl (C=O) groups excluding carboxylic acids is 1. The number of ether oxygens (including phenoxy) is 2. The van der Waals surface area contributed by atoms with Crippen LogP contribution in [0, 0.1) is 0 Å². The van der Waals surface area contributed by atoms with Crippen LogP contribution >= 0.6 is 0 Å². The van der Waals surface area contributed by atoms with Crippen LogP contribution in [0.2, 0.25) is 0 Å². The van der Waals surface area contributed by atoms with E-state index in [9.17, 15) is 4.79 Å². The van der Waals surface area contributed by atoms with Gasteiger partial charge in [-0.1, -0.05) is 6.07 Å². The molecule has 0 aliphatic carbocycles. The molecule has 0 saturated heterocycles. The van der Waals surface area contributed by atoms with Crippen LogP contribution in [-0.2, 0) is 6.54 Å². The molecule has 0 bridgehead atoms. The van der Waals surface area contributed by atoms with E-state index in [0.717, 1.165) is 5.56 Å². The van der Waals surface area contributed by atoms with Gasteiger partial charge in [0.15, 0.2) is 0 Å². The van der Waals surface area contributed by atoms with Crippen LogP contribution in [0.5, 0.6) is 11.5 Å². The monoisotopic (exact) mass is 366 g/mol. The van der Waals surface area contributed by atoms with Crippen LogP contribution in [0.1, 0.15) is 34.6 Å². The van der Waals surface area contributed by atoms with Crippen LogP contribution in [0.3, 0.4) is 0 Å². The third kappa shape index (κ3) is 3.68. The summed E-state index contributed by atoms with van der Waals surface area (Å²) < 4.78 is 10.8. The maximum atomic E-state index is 13.0. The predicted molar refractivity (Wildman–Crippen MR) is 103 cm³/mol. The van der Waals surface area contributed by atoms with E-state index in [1.54, 1.807) is 38.7 Å². The Labute approximate surface area is 157 Å². The van der Waals surface area contributed by atoms with Gasteiger partial charge >= 0.3 is 0 Å². The molecule has 3 N–H and O–H groups in total.